The minimum atomic E-state index is -3.45. The summed E-state index contributed by atoms with van der Waals surface area (Å²) in [6.07, 6.45) is 2.92. The maximum absolute atomic E-state index is 12.3. The van der Waals surface area contributed by atoms with Crippen LogP contribution in [0.1, 0.15) is 31.7 Å². The molecule has 0 heterocycles. The third-order valence-corrected chi connectivity index (χ3v) is 5.35. The van der Waals surface area contributed by atoms with Gasteiger partial charge in [0.1, 0.15) is 0 Å². The van der Waals surface area contributed by atoms with Crippen LogP contribution in [0.25, 0.3) is 0 Å². The minimum absolute atomic E-state index is 0.0587. The number of hydrogen-bond donors (Lipinski definition) is 1. The van der Waals surface area contributed by atoms with Crippen molar-refractivity contribution in [3.8, 4) is 0 Å². The van der Waals surface area contributed by atoms with Crippen molar-refractivity contribution in [3.05, 3.63) is 28.8 Å². The first-order valence-corrected chi connectivity index (χ1v) is 8.03. The van der Waals surface area contributed by atoms with Crippen molar-refractivity contribution in [2.24, 2.45) is 5.92 Å². The van der Waals surface area contributed by atoms with Gasteiger partial charge in [-0.2, -0.15) is 0 Å². The van der Waals surface area contributed by atoms with Crippen LogP contribution in [0, 0.1) is 12.8 Å². The molecule has 0 radical (unpaired) electrons. The Morgan fingerprint density at radius 2 is 2.06 bits per heavy atom. The predicted octanol–water partition coefficient (Wildman–Crippen LogP) is 3.12. The Morgan fingerprint density at radius 3 is 2.67 bits per heavy atom. The smallest absolute Gasteiger partial charge is 0.208 e. The van der Waals surface area contributed by atoms with Crippen molar-refractivity contribution < 1.29 is 8.42 Å². The highest BCUT2D eigenvalue weighted by Gasteiger charge is 2.27. The van der Waals surface area contributed by atoms with E-state index in [1.807, 2.05) is 0 Å². The lowest BCUT2D eigenvalue weighted by atomic mass is 10.1. The maximum Gasteiger partial charge on any atom is 0.241 e. The Balaban J connectivity index is 2.23. The summed E-state index contributed by atoms with van der Waals surface area (Å²) in [6.45, 7) is 3.93. The van der Waals surface area contributed by atoms with Gasteiger partial charge >= 0.3 is 0 Å². The summed E-state index contributed by atoms with van der Waals surface area (Å²) < 4.78 is 27.4. The third-order valence-electron chi connectivity index (χ3n) is 3.46. The van der Waals surface area contributed by atoms with E-state index >= 15 is 0 Å². The quantitative estimate of drug-likeness (QED) is 0.928. The molecule has 0 aromatic heterocycles. The van der Waals surface area contributed by atoms with Gasteiger partial charge in [0.25, 0.3) is 0 Å². The number of nitrogens with one attached hydrogen (secondary N) is 1. The molecule has 2 rings (SSSR count). The maximum atomic E-state index is 12.3. The van der Waals surface area contributed by atoms with Crippen LogP contribution in [0.2, 0.25) is 5.02 Å². The molecule has 2 atom stereocenters. The van der Waals surface area contributed by atoms with E-state index in [1.54, 1.807) is 19.1 Å². The Bertz CT molecular complexity index is 542. The molecule has 5 heteroatoms. The average molecular weight is 288 g/mol. The van der Waals surface area contributed by atoms with Gasteiger partial charge in [-0.15, -0.1) is 0 Å². The van der Waals surface area contributed by atoms with Crippen LogP contribution in [-0.4, -0.2) is 14.5 Å². The molecule has 3 nitrogen and oxygen atoms in total. The first kappa shape index (κ1) is 13.8. The summed E-state index contributed by atoms with van der Waals surface area (Å²) in [4.78, 5) is 0.287. The molecule has 1 aliphatic rings. The molecule has 0 saturated heterocycles. The molecule has 1 fully saturated rings. The van der Waals surface area contributed by atoms with Gasteiger partial charge in [-0.3, -0.25) is 0 Å². The van der Waals surface area contributed by atoms with Crippen molar-refractivity contribution >= 4 is 21.6 Å². The molecule has 2 unspecified atom stereocenters. The first-order chi connectivity index (χ1) is 8.38. The molecule has 1 aromatic rings. The lowest BCUT2D eigenvalue weighted by Crippen LogP contribution is -2.33. The normalized spacial score (nSPS) is 24.4. The van der Waals surface area contributed by atoms with E-state index < -0.39 is 10.0 Å². The summed E-state index contributed by atoms with van der Waals surface area (Å²) in [6, 6.07) is 5.00. The largest absolute Gasteiger partial charge is 0.241 e. The monoisotopic (exact) mass is 287 g/mol. The second kappa shape index (κ2) is 5.19. The zero-order valence-corrected chi connectivity index (χ0v) is 12.2. The Morgan fingerprint density at radius 1 is 1.33 bits per heavy atom. The fraction of sp³-hybridized carbons (Fsp3) is 0.538. The molecule has 0 bridgehead atoms. The van der Waals surface area contributed by atoms with Gasteiger partial charge in [0, 0.05) is 11.1 Å². The van der Waals surface area contributed by atoms with Crippen LogP contribution in [0.5, 0.6) is 0 Å². The van der Waals surface area contributed by atoms with Gasteiger partial charge in [-0.05, 0) is 49.8 Å². The average Bonchev–Trinajstić information content (AvgIpc) is 2.66. The highest BCUT2D eigenvalue weighted by Crippen LogP contribution is 2.27. The van der Waals surface area contributed by atoms with Gasteiger partial charge < -0.3 is 0 Å². The number of hydrogen-bond acceptors (Lipinski definition) is 2. The van der Waals surface area contributed by atoms with Crippen molar-refractivity contribution in [2.75, 3.05) is 0 Å². The van der Waals surface area contributed by atoms with E-state index in [9.17, 15) is 8.42 Å². The Kier molecular flexibility index (Phi) is 3.99. The second-order valence-corrected chi connectivity index (χ2v) is 7.27. The molecule has 0 amide bonds. The lowest BCUT2D eigenvalue weighted by Gasteiger charge is -2.14. The Labute approximate surface area is 114 Å². The summed E-state index contributed by atoms with van der Waals surface area (Å²) in [5.74, 6) is 0.596. The molecular weight excluding hydrogens is 270 g/mol. The zero-order chi connectivity index (χ0) is 13.3. The fourth-order valence-corrected chi connectivity index (χ4v) is 4.25. The number of aryl methyl sites for hydroxylation is 1. The van der Waals surface area contributed by atoms with Crippen LogP contribution in [0.4, 0.5) is 0 Å². The molecule has 1 N–H and O–H groups in total. The van der Waals surface area contributed by atoms with E-state index in [4.69, 9.17) is 11.6 Å². The number of halogens is 1. The first-order valence-electron chi connectivity index (χ1n) is 6.17. The molecule has 0 aliphatic heterocycles. The zero-order valence-electron chi connectivity index (χ0n) is 10.6. The fourth-order valence-electron chi connectivity index (χ4n) is 2.46. The van der Waals surface area contributed by atoms with Crippen LogP contribution >= 0.6 is 11.6 Å². The topological polar surface area (TPSA) is 46.2 Å². The number of benzene rings is 1. The van der Waals surface area contributed by atoms with Crippen LogP contribution < -0.4 is 4.72 Å². The van der Waals surface area contributed by atoms with Gasteiger partial charge in [0.2, 0.25) is 10.0 Å². The van der Waals surface area contributed by atoms with Gasteiger partial charge in [-0.1, -0.05) is 24.6 Å². The third kappa shape index (κ3) is 3.05. The minimum Gasteiger partial charge on any atom is -0.208 e. The second-order valence-electron chi connectivity index (χ2n) is 5.15. The summed E-state index contributed by atoms with van der Waals surface area (Å²) in [5, 5.41) is 0.445. The number of rotatable bonds is 3. The van der Waals surface area contributed by atoms with E-state index in [2.05, 4.69) is 11.6 Å². The van der Waals surface area contributed by atoms with E-state index in [-0.39, 0.29) is 10.9 Å². The predicted molar refractivity (Wildman–Crippen MR) is 73.3 cm³/mol. The van der Waals surface area contributed by atoms with Gasteiger partial charge in [0.15, 0.2) is 0 Å². The molecule has 1 aliphatic carbocycles. The van der Waals surface area contributed by atoms with E-state index in [0.717, 1.165) is 24.8 Å². The van der Waals surface area contributed by atoms with Gasteiger partial charge in [0.05, 0.1) is 4.90 Å². The highest BCUT2D eigenvalue weighted by molar-refractivity contribution is 7.89. The van der Waals surface area contributed by atoms with Crippen molar-refractivity contribution in [3.63, 3.8) is 0 Å². The van der Waals surface area contributed by atoms with E-state index in [0.29, 0.717) is 10.9 Å². The summed E-state index contributed by atoms with van der Waals surface area (Å²) >= 11 is 5.87. The molecule has 0 spiro atoms. The summed E-state index contributed by atoms with van der Waals surface area (Å²) in [7, 11) is -3.45. The number of sulfonamides is 1. The Hall–Kier alpha value is -0.580. The lowest BCUT2D eigenvalue weighted by molar-refractivity contribution is 0.538. The highest BCUT2D eigenvalue weighted by atomic mass is 35.5. The van der Waals surface area contributed by atoms with Crippen molar-refractivity contribution in [2.45, 2.75) is 44.0 Å². The van der Waals surface area contributed by atoms with Crippen molar-refractivity contribution in [1.29, 1.82) is 0 Å². The van der Waals surface area contributed by atoms with Crippen LogP contribution in [0.15, 0.2) is 23.1 Å². The summed E-state index contributed by atoms with van der Waals surface area (Å²) in [5.41, 5.74) is 0.720. The molecule has 18 heavy (non-hydrogen) atoms. The van der Waals surface area contributed by atoms with E-state index in [1.165, 1.54) is 6.07 Å². The van der Waals surface area contributed by atoms with Crippen LogP contribution in [-0.2, 0) is 10.0 Å². The van der Waals surface area contributed by atoms with Crippen molar-refractivity contribution in [1.82, 2.24) is 4.72 Å². The van der Waals surface area contributed by atoms with Crippen LogP contribution in [0.3, 0.4) is 0 Å². The van der Waals surface area contributed by atoms with Gasteiger partial charge in [-0.25, -0.2) is 13.1 Å². The standard InChI is InChI=1S/C13H18ClNO2S/c1-9-3-6-12(7-9)15-18(16,17)13-8-11(14)5-4-10(13)2/h4-5,8-9,12,15H,3,6-7H2,1-2H3. The SMILES string of the molecule is Cc1ccc(Cl)cc1S(=O)(=O)NC1CCC(C)C1. The molecule has 100 valence electrons. The molecular formula is C13H18ClNO2S. The molecule has 1 aromatic carbocycles. The molecule has 1 saturated carbocycles.